The predicted molar refractivity (Wildman–Crippen MR) is 129 cm³/mol. The zero-order valence-corrected chi connectivity index (χ0v) is 19.3. The molecule has 2 fully saturated rings. The Morgan fingerprint density at radius 3 is 2.62 bits per heavy atom. The van der Waals surface area contributed by atoms with Crippen molar-refractivity contribution in [2.75, 3.05) is 31.2 Å². The Kier molecular flexibility index (Phi) is 8.97. The number of aromatic nitrogens is 2. The van der Waals surface area contributed by atoms with Crippen LogP contribution < -0.4 is 15.7 Å². The summed E-state index contributed by atoms with van der Waals surface area (Å²) in [4.78, 5) is 28.5. The lowest BCUT2D eigenvalue weighted by molar-refractivity contribution is -0.186. The minimum Gasteiger partial charge on any atom is -0.394 e. The summed E-state index contributed by atoms with van der Waals surface area (Å²) < 4.78 is 5.44. The van der Waals surface area contributed by atoms with E-state index in [9.17, 15) is 9.90 Å². The van der Waals surface area contributed by atoms with Crippen molar-refractivity contribution in [3.05, 3.63) is 59.9 Å². The number of nitrogens with zero attached hydrogens (tertiary/aromatic N) is 3. The lowest BCUT2D eigenvalue weighted by atomic mass is 10.0. The highest BCUT2D eigenvalue weighted by Crippen LogP contribution is 2.17. The van der Waals surface area contributed by atoms with Gasteiger partial charge in [-0.05, 0) is 31.2 Å². The molecule has 2 aliphatic heterocycles. The number of anilines is 1. The molecule has 4 rings (SSSR count). The van der Waals surface area contributed by atoms with Crippen LogP contribution in [0.5, 0.6) is 0 Å². The largest absolute Gasteiger partial charge is 0.394 e. The van der Waals surface area contributed by atoms with Gasteiger partial charge < -0.3 is 20.1 Å². The molecule has 0 saturated carbocycles. The zero-order chi connectivity index (χ0) is 23.6. The summed E-state index contributed by atoms with van der Waals surface area (Å²) >= 11 is 0. The van der Waals surface area contributed by atoms with Crippen LogP contribution in [0.2, 0.25) is 0 Å². The second-order valence-corrected chi connectivity index (χ2v) is 8.60. The second-order valence-electron chi connectivity index (χ2n) is 8.60. The molecule has 2 unspecified atom stereocenters. The highest BCUT2D eigenvalue weighted by Gasteiger charge is 2.23. The van der Waals surface area contributed by atoms with E-state index in [0.29, 0.717) is 24.2 Å². The minimum absolute atomic E-state index is 0.0484. The van der Waals surface area contributed by atoms with Gasteiger partial charge in [0.05, 0.1) is 12.2 Å². The number of piperidine rings is 1. The van der Waals surface area contributed by atoms with Gasteiger partial charge in [0.2, 0.25) is 5.95 Å². The van der Waals surface area contributed by atoms with E-state index in [1.165, 1.54) is 12.4 Å². The van der Waals surface area contributed by atoms with E-state index in [1.807, 2.05) is 42.5 Å². The first-order valence-corrected chi connectivity index (χ1v) is 12.0. The van der Waals surface area contributed by atoms with Crippen molar-refractivity contribution in [3.63, 3.8) is 0 Å². The van der Waals surface area contributed by atoms with E-state index in [0.717, 1.165) is 50.8 Å². The molecule has 2 atom stereocenters. The number of rotatable bonds is 9. The van der Waals surface area contributed by atoms with Gasteiger partial charge in [-0.15, -0.1) is 0 Å². The van der Waals surface area contributed by atoms with Gasteiger partial charge in [-0.1, -0.05) is 42.5 Å². The fraction of sp³-hybridized carbons (Fsp3) is 0.480. The van der Waals surface area contributed by atoms with Crippen molar-refractivity contribution in [2.45, 2.75) is 50.5 Å². The van der Waals surface area contributed by atoms with E-state index >= 15 is 0 Å². The van der Waals surface area contributed by atoms with Crippen LogP contribution in [0.1, 0.15) is 48.0 Å². The van der Waals surface area contributed by atoms with E-state index in [2.05, 4.69) is 25.7 Å². The molecule has 0 spiro atoms. The van der Waals surface area contributed by atoms with E-state index in [4.69, 9.17) is 9.57 Å². The fourth-order valence-electron chi connectivity index (χ4n) is 4.09. The van der Waals surface area contributed by atoms with E-state index in [1.54, 1.807) is 0 Å². The number of hydrogen-bond acceptors (Lipinski definition) is 8. The number of aliphatic hydroxyl groups excluding tert-OH is 1. The molecular weight excluding hydrogens is 434 g/mol. The van der Waals surface area contributed by atoms with Gasteiger partial charge >= 0.3 is 0 Å². The third-order valence-electron chi connectivity index (χ3n) is 6.07. The van der Waals surface area contributed by atoms with Gasteiger partial charge in [0.1, 0.15) is 0 Å². The van der Waals surface area contributed by atoms with Crippen molar-refractivity contribution in [3.8, 4) is 0 Å². The SMILES string of the molecule is O=C(NOC1CCCCO1)c1cnc(N2CCC(NC(/C=C/c3ccccc3)CO)CC2)nc1. The Morgan fingerprint density at radius 1 is 1.18 bits per heavy atom. The maximum atomic E-state index is 12.3. The summed E-state index contributed by atoms with van der Waals surface area (Å²) in [6.45, 7) is 2.29. The standard InChI is InChI=1S/C25H33N5O4/c31-18-22(10-9-19-6-2-1-3-7-19)28-21-11-13-30(14-12-21)25-26-16-20(17-27-25)24(32)29-34-23-8-4-5-15-33-23/h1-3,6-7,9-10,16-17,21-23,28,31H,4-5,8,11-15,18H2,(H,29,32)/b10-9+. The Balaban J connectivity index is 1.22. The van der Waals surface area contributed by atoms with Gasteiger partial charge in [-0.2, -0.15) is 0 Å². The minimum atomic E-state index is -0.396. The number of ether oxygens (including phenoxy) is 1. The third-order valence-corrected chi connectivity index (χ3v) is 6.07. The highest BCUT2D eigenvalue weighted by atomic mass is 16.8. The molecule has 2 saturated heterocycles. The third kappa shape index (κ3) is 7.07. The molecule has 1 aromatic heterocycles. The average molecular weight is 468 g/mol. The normalized spacial score (nSPS) is 20.4. The molecule has 9 heteroatoms. The van der Waals surface area contributed by atoms with Crippen LogP contribution in [0.15, 0.2) is 48.8 Å². The van der Waals surface area contributed by atoms with Crippen molar-refractivity contribution in [1.29, 1.82) is 0 Å². The second kappa shape index (κ2) is 12.6. The van der Waals surface area contributed by atoms with Crippen molar-refractivity contribution in [2.24, 2.45) is 0 Å². The summed E-state index contributed by atoms with van der Waals surface area (Å²) in [5.41, 5.74) is 3.88. The van der Waals surface area contributed by atoms with E-state index < -0.39 is 6.29 Å². The van der Waals surface area contributed by atoms with Crippen LogP contribution in [0, 0.1) is 0 Å². The molecule has 182 valence electrons. The van der Waals surface area contributed by atoms with Gasteiger partial charge in [-0.3, -0.25) is 4.79 Å². The lowest BCUT2D eigenvalue weighted by Crippen LogP contribution is -2.47. The number of carbonyl (C=O) groups is 1. The van der Waals surface area contributed by atoms with Crippen LogP contribution in [-0.4, -0.2) is 65.7 Å². The fourth-order valence-corrected chi connectivity index (χ4v) is 4.09. The Labute approximate surface area is 200 Å². The summed E-state index contributed by atoms with van der Waals surface area (Å²) in [5, 5.41) is 13.3. The zero-order valence-electron chi connectivity index (χ0n) is 19.3. The number of amides is 1. The van der Waals surface area contributed by atoms with Crippen LogP contribution in [0.4, 0.5) is 5.95 Å². The number of carbonyl (C=O) groups excluding carboxylic acids is 1. The molecule has 3 heterocycles. The topological polar surface area (TPSA) is 109 Å². The molecular formula is C25H33N5O4. The number of hydrogen-bond donors (Lipinski definition) is 3. The molecule has 1 amide bonds. The maximum Gasteiger partial charge on any atom is 0.278 e. The van der Waals surface area contributed by atoms with Crippen molar-refractivity contribution < 1.29 is 19.5 Å². The van der Waals surface area contributed by atoms with Crippen molar-refractivity contribution in [1.82, 2.24) is 20.8 Å². The van der Waals surface area contributed by atoms with Crippen LogP contribution in [-0.2, 0) is 9.57 Å². The first-order chi connectivity index (χ1) is 16.7. The van der Waals surface area contributed by atoms with Gasteiger partial charge in [0.15, 0.2) is 6.29 Å². The Hall–Kier alpha value is -2.85. The summed E-state index contributed by atoms with van der Waals surface area (Å²) in [7, 11) is 0. The first kappa shape index (κ1) is 24.3. The summed E-state index contributed by atoms with van der Waals surface area (Å²) in [5.74, 6) is 0.219. The summed E-state index contributed by atoms with van der Waals surface area (Å²) in [6, 6.07) is 10.3. The lowest BCUT2D eigenvalue weighted by Gasteiger charge is -2.33. The van der Waals surface area contributed by atoms with E-state index in [-0.39, 0.29) is 18.6 Å². The number of nitrogens with one attached hydrogen (secondary N) is 2. The predicted octanol–water partition coefficient (Wildman–Crippen LogP) is 2.30. The van der Waals surface area contributed by atoms with Gasteiger partial charge in [0.25, 0.3) is 5.91 Å². The quantitative estimate of drug-likeness (QED) is 0.482. The molecule has 2 aliphatic rings. The number of hydroxylamine groups is 1. The monoisotopic (exact) mass is 467 g/mol. The number of benzene rings is 1. The summed E-state index contributed by atoms with van der Waals surface area (Å²) in [6.07, 6.45) is 11.3. The molecule has 1 aromatic carbocycles. The van der Waals surface area contributed by atoms with Crippen LogP contribution in [0.25, 0.3) is 6.08 Å². The smallest absolute Gasteiger partial charge is 0.278 e. The molecule has 0 bridgehead atoms. The van der Waals surface area contributed by atoms with Gasteiger partial charge in [-0.25, -0.2) is 20.3 Å². The molecule has 0 radical (unpaired) electrons. The van der Waals surface area contributed by atoms with Crippen LogP contribution >= 0.6 is 0 Å². The highest BCUT2D eigenvalue weighted by molar-refractivity contribution is 5.92. The van der Waals surface area contributed by atoms with Gasteiger partial charge in [0, 0.05) is 50.6 Å². The molecule has 2 aromatic rings. The van der Waals surface area contributed by atoms with Crippen LogP contribution in [0.3, 0.4) is 0 Å². The Morgan fingerprint density at radius 2 is 1.94 bits per heavy atom. The number of aliphatic hydroxyl groups is 1. The maximum absolute atomic E-state index is 12.3. The molecule has 9 nitrogen and oxygen atoms in total. The molecule has 34 heavy (non-hydrogen) atoms. The molecule has 3 N–H and O–H groups in total. The average Bonchev–Trinajstić information content (AvgIpc) is 2.91. The Bertz CT molecular complexity index is 911. The first-order valence-electron chi connectivity index (χ1n) is 12.0. The molecule has 0 aliphatic carbocycles. The van der Waals surface area contributed by atoms with Crippen molar-refractivity contribution >= 4 is 17.9 Å².